The maximum Gasteiger partial charge on any atom is 3.00 e. The number of nitrogens with zero attached hydrogens (tertiary/aromatic N) is 20. The third-order valence-electron chi connectivity index (χ3n) is 16.4. The fourth-order valence-corrected chi connectivity index (χ4v) is 10.1. The van der Waals surface area contributed by atoms with Gasteiger partial charge in [0.15, 0.2) is 0 Å². The van der Waals surface area contributed by atoms with Crippen molar-refractivity contribution < 1.29 is 168 Å². The van der Waals surface area contributed by atoms with Gasteiger partial charge in [0, 0.05) is 24.8 Å². The first-order valence-corrected chi connectivity index (χ1v) is 36.3. The zero-order chi connectivity index (χ0) is 91.8. The van der Waals surface area contributed by atoms with Gasteiger partial charge < -0.3 is 59.6 Å². The molecule has 0 amide bonds. The van der Waals surface area contributed by atoms with Crippen LogP contribution in [-0.2, 0) is 112 Å². The predicted octanol–water partition coefficient (Wildman–Crippen LogP) is 20.2. The average Bonchev–Trinajstić information content (AvgIpc) is 1.30. The topological polar surface area (TPSA) is 178 Å². The molecule has 0 atom stereocenters. The molecule has 0 bridgehead atoms. The predicted molar refractivity (Wildman–Crippen MR) is 426 cm³/mol. The van der Waals surface area contributed by atoms with Gasteiger partial charge in [0.2, 0.25) is 0 Å². The second-order valence-electron chi connectivity index (χ2n) is 26.3. The van der Waals surface area contributed by atoms with Gasteiger partial charge in [-0.15, -0.1) is 75.2 Å². The molecule has 684 valence electrons. The maximum absolute atomic E-state index is 13.4. The quantitative estimate of drug-likeness (QED) is 0.0716. The summed E-state index contributed by atoms with van der Waals surface area (Å²) in [5, 5.41) is 21.6. The summed E-state index contributed by atoms with van der Waals surface area (Å²) >= 11 is 0. The van der Waals surface area contributed by atoms with Crippen molar-refractivity contribution in [3.8, 4) is 45.0 Å². The molecule has 0 radical (unpaired) electrons. The number of aromatic nitrogens is 8. The van der Waals surface area contributed by atoms with Crippen LogP contribution in [0.4, 0.5) is 111 Å². The number of rotatable bonds is 10. The Morgan fingerprint density at radius 1 is 0.331 bits per heavy atom. The molecule has 0 unspecified atom stereocenters. The fraction of sp³-hybridized carbons (Fsp3) is 0.163. The Morgan fingerprint density at radius 3 is 0.862 bits per heavy atom. The van der Waals surface area contributed by atoms with Crippen molar-refractivity contribution in [3.63, 3.8) is 0 Å². The molecule has 4 aliphatic rings. The van der Waals surface area contributed by atoms with Crippen LogP contribution in [0.5, 0.6) is 0 Å². The number of halogens is 20. The van der Waals surface area contributed by atoms with Crippen LogP contribution >= 0.6 is 0 Å². The van der Waals surface area contributed by atoms with Crippen molar-refractivity contribution in [1.29, 1.82) is 0 Å². The molecule has 16 rings (SSSR count). The maximum atomic E-state index is 13.4. The number of alkyl halides is 12. The van der Waals surface area contributed by atoms with Crippen LogP contribution < -0.4 is 20.0 Å². The van der Waals surface area contributed by atoms with Crippen molar-refractivity contribution in [2.45, 2.75) is 64.7 Å². The molecule has 4 aromatic carbocycles. The van der Waals surface area contributed by atoms with Crippen LogP contribution in [0.2, 0.25) is 0 Å². The standard InChI is InChI=1S/C13H11F2N2.C12H9F2N2.C11H7F2N2.4C10H8F3N3.C10H5F2N2.4Ir/c1-8(2)9-5-6-16-11(7-9)10-3-4-12(14)17-13(10)15;1-2-8-5-6-15-10(7-8)9-3-4-11(13)16-12(9)14;1-7-4-5-14-9(6-7)8-2-3-10(12)15-11(8)13;4*1-15-6-14-16(7-15)9-4-2-8(3-5-9)10(11,12)13;11-9-5-4-7(10(12)14-9)8-3-1-2-6-13-8;;;;/h4-8H,1-2H3;4-7H,2H2,1H3;3-6H,1H3;4*2-4,6-7H,1H3;1-3,5-6H;;;;/q3*-1;4*-2;-1;4*+3. The summed E-state index contributed by atoms with van der Waals surface area (Å²) in [5.41, 5.74) is 3.98. The molecule has 0 N–H and O–H groups in total. The molecule has 20 nitrogen and oxygen atoms in total. The van der Waals surface area contributed by atoms with Gasteiger partial charge in [-0.05, 0) is 94.5 Å². The number of pyridine rings is 8. The van der Waals surface area contributed by atoms with Crippen molar-refractivity contribution in [2.75, 3.05) is 48.2 Å². The van der Waals surface area contributed by atoms with Crippen LogP contribution in [0.15, 0.2) is 197 Å². The zero-order valence-electron chi connectivity index (χ0n) is 68.0. The number of anilines is 4. The third-order valence-corrected chi connectivity index (χ3v) is 16.4. The number of hydrazone groups is 4. The van der Waals surface area contributed by atoms with Gasteiger partial charge in [-0.1, -0.05) is 159 Å². The van der Waals surface area contributed by atoms with E-state index in [0.29, 0.717) is 51.4 Å². The Hall–Kier alpha value is -11.6. The number of aryl methyl sites for hydroxylation is 2. The number of hydrogen-bond donors (Lipinski definition) is 0. The van der Waals surface area contributed by atoms with E-state index >= 15 is 0 Å². The van der Waals surface area contributed by atoms with E-state index in [-0.39, 0.29) is 103 Å². The smallest absolute Gasteiger partial charge is 0.493 e. The molecule has 4 aliphatic heterocycles. The molecule has 0 fully saturated rings. The normalized spacial score (nSPS) is 12.9. The Labute approximate surface area is 787 Å². The largest absolute Gasteiger partial charge is 3.00 e. The van der Waals surface area contributed by atoms with Crippen LogP contribution in [0.25, 0.3) is 45.0 Å². The summed E-state index contributed by atoms with van der Waals surface area (Å²) < 4.78 is 251. The van der Waals surface area contributed by atoms with E-state index < -0.39 is 94.5 Å². The number of benzene rings is 4. The molecular formula is C86H64F20Ir4N20. The molecule has 12 aromatic rings. The monoisotopic (exact) mass is 2530 g/mol. The number of hydrogen-bond acceptors (Lipinski definition) is 20. The van der Waals surface area contributed by atoms with Gasteiger partial charge in [-0.3, -0.25) is 19.9 Å². The van der Waals surface area contributed by atoms with Gasteiger partial charge >= 0.3 is 105 Å². The molecule has 0 saturated carbocycles. The van der Waals surface area contributed by atoms with Gasteiger partial charge in [0.25, 0.3) is 0 Å². The molecule has 0 aliphatic carbocycles. The molecular weight excluding hydrogens is 2460 g/mol. The van der Waals surface area contributed by atoms with Crippen molar-refractivity contribution in [1.82, 2.24) is 59.5 Å². The van der Waals surface area contributed by atoms with Crippen LogP contribution in [0.1, 0.15) is 65.6 Å². The average molecular weight is 2530 g/mol. The van der Waals surface area contributed by atoms with Gasteiger partial charge in [-0.2, -0.15) is 146 Å². The Bertz CT molecular complexity index is 5360. The molecule has 12 heterocycles. The minimum absolute atomic E-state index is 0. The molecule has 44 heteroatoms. The minimum Gasteiger partial charge on any atom is -0.493 e. The Kier molecular flexibility index (Phi) is 41.8. The fourth-order valence-electron chi connectivity index (χ4n) is 10.1. The summed E-state index contributed by atoms with van der Waals surface area (Å²) in [4.78, 5) is 35.0. The zero-order valence-corrected chi connectivity index (χ0v) is 77.6. The van der Waals surface area contributed by atoms with Crippen LogP contribution in [0.3, 0.4) is 0 Å². The first-order chi connectivity index (χ1) is 59.6. The summed E-state index contributed by atoms with van der Waals surface area (Å²) in [6, 6.07) is 52.8. The molecule has 0 spiro atoms. The summed E-state index contributed by atoms with van der Waals surface area (Å²) in [6.45, 7) is 14.5. The van der Waals surface area contributed by atoms with E-state index in [1.165, 1.54) is 50.5 Å². The van der Waals surface area contributed by atoms with Crippen LogP contribution in [0, 0.1) is 130 Å². The third kappa shape index (κ3) is 33.1. The first-order valence-electron chi connectivity index (χ1n) is 36.3. The molecule has 0 saturated heterocycles. The van der Waals surface area contributed by atoms with E-state index in [1.54, 1.807) is 161 Å². The van der Waals surface area contributed by atoms with Crippen LogP contribution in [-0.4, -0.2) is 113 Å². The second-order valence-corrected chi connectivity index (χ2v) is 26.3. The summed E-state index contributed by atoms with van der Waals surface area (Å²) in [7, 11) is 7.09. The van der Waals surface area contributed by atoms with E-state index in [4.69, 9.17) is 0 Å². The SMILES string of the molecule is CC(C)c1ccnc(-c2[c-]cc(F)nc2F)c1.CCc1ccnc(-c2[c-]cc(F)nc2F)c1.CN1C=NN(c2[c-]cc(C(F)(F)F)cc2)[CH-]1.CN1C=NN(c2[c-]cc(C(F)(F)F)cc2)[CH-]1.CN1C=NN(c2[c-]cc(C(F)(F)F)cc2)[CH-]1.CN1C=NN(c2[c-]cc(C(F)(F)F)cc2)[CH-]1.Cc1ccnc(-c2[c-]cc(F)nc2F)c1.Fc1c[c-]c(-c2ccccn2)c(F)n1.[Ir+3].[Ir+3].[Ir+3].[Ir+3]. The summed E-state index contributed by atoms with van der Waals surface area (Å²) in [6.07, 6.45) is -4.04. The molecule has 130 heavy (non-hydrogen) atoms. The van der Waals surface area contributed by atoms with Crippen molar-refractivity contribution in [2.24, 2.45) is 20.4 Å². The summed E-state index contributed by atoms with van der Waals surface area (Å²) in [5.74, 6) is -6.80. The van der Waals surface area contributed by atoms with Gasteiger partial charge in [-0.25, -0.2) is 35.1 Å². The van der Waals surface area contributed by atoms with Gasteiger partial charge in [0.05, 0.1) is 25.4 Å². The van der Waals surface area contributed by atoms with Crippen molar-refractivity contribution >= 4 is 48.1 Å². The second kappa shape index (κ2) is 49.9. The Balaban J connectivity index is 0.000000262. The molecule has 8 aromatic heterocycles. The van der Waals surface area contributed by atoms with Gasteiger partial charge in [0.1, 0.15) is 47.6 Å². The van der Waals surface area contributed by atoms with E-state index in [2.05, 4.69) is 109 Å². The Morgan fingerprint density at radius 2 is 0.615 bits per heavy atom. The minimum atomic E-state index is -4.33. The van der Waals surface area contributed by atoms with Crippen molar-refractivity contribution in [3.05, 3.63) is 338 Å². The first kappa shape index (κ1) is 109. The van der Waals surface area contributed by atoms with E-state index in [1.807, 2.05) is 39.8 Å². The van der Waals surface area contributed by atoms with E-state index in [9.17, 15) is 87.8 Å². The van der Waals surface area contributed by atoms with E-state index in [0.717, 1.165) is 95.9 Å².